The minimum atomic E-state index is -0.352. The van der Waals surface area contributed by atoms with Crippen molar-refractivity contribution in [2.75, 3.05) is 5.32 Å². The van der Waals surface area contributed by atoms with Gasteiger partial charge in [0.1, 0.15) is 11.9 Å². The van der Waals surface area contributed by atoms with Crippen LogP contribution in [0.5, 0.6) is 0 Å². The number of anilines is 2. The first-order valence-electron chi connectivity index (χ1n) is 4.64. The number of hydrogen-bond donors (Lipinski definition) is 1. The molecule has 17 heavy (non-hydrogen) atoms. The van der Waals surface area contributed by atoms with E-state index >= 15 is 0 Å². The van der Waals surface area contributed by atoms with Crippen LogP contribution >= 0.6 is 15.9 Å². The van der Waals surface area contributed by atoms with E-state index in [0.717, 1.165) is 0 Å². The fourth-order valence-electron chi connectivity index (χ4n) is 1.22. The molecule has 84 valence electrons. The van der Waals surface area contributed by atoms with Crippen LogP contribution in [0.2, 0.25) is 0 Å². The zero-order valence-electron chi connectivity index (χ0n) is 8.48. The van der Waals surface area contributed by atoms with E-state index in [1.54, 1.807) is 18.2 Å². The summed E-state index contributed by atoms with van der Waals surface area (Å²) in [5, 5.41) is 19.3. The predicted octanol–water partition coefficient (Wildman–Crippen LogP) is 2.99. The largest absolute Gasteiger partial charge is 0.338 e. The zero-order valence-corrected chi connectivity index (χ0v) is 10.1. The first-order valence-corrected chi connectivity index (χ1v) is 5.44. The van der Waals surface area contributed by atoms with Crippen LogP contribution in [-0.2, 0) is 0 Å². The van der Waals surface area contributed by atoms with E-state index in [1.807, 2.05) is 6.07 Å². The van der Waals surface area contributed by atoms with Crippen molar-refractivity contribution >= 4 is 27.4 Å². The van der Waals surface area contributed by atoms with E-state index < -0.39 is 0 Å². The smallest absolute Gasteiger partial charge is 0.171 e. The molecule has 0 aliphatic heterocycles. The second-order valence-electron chi connectivity index (χ2n) is 3.16. The summed E-state index contributed by atoms with van der Waals surface area (Å²) in [5.74, 6) is -0.0105. The minimum absolute atomic E-state index is 0.338. The van der Waals surface area contributed by atoms with Gasteiger partial charge in [-0.1, -0.05) is 0 Å². The molecule has 6 heteroatoms. The maximum Gasteiger partial charge on any atom is 0.171 e. The average Bonchev–Trinajstić information content (AvgIpc) is 2.34. The van der Waals surface area contributed by atoms with Gasteiger partial charge in [-0.3, -0.25) is 0 Å². The van der Waals surface area contributed by atoms with Gasteiger partial charge in [0.15, 0.2) is 5.82 Å². The molecule has 0 spiro atoms. The summed E-state index contributed by atoms with van der Waals surface area (Å²) in [6.07, 6.45) is 1.43. The number of aromatic nitrogens is 2. The van der Waals surface area contributed by atoms with Crippen LogP contribution in [0.1, 0.15) is 5.56 Å². The number of rotatable bonds is 2. The molecule has 0 amide bonds. The van der Waals surface area contributed by atoms with Gasteiger partial charge in [0.05, 0.1) is 16.2 Å². The Morgan fingerprint density at radius 1 is 1.35 bits per heavy atom. The number of benzene rings is 1. The highest BCUT2D eigenvalue weighted by Gasteiger charge is 2.05. The number of nitrogens with zero attached hydrogens (tertiary/aromatic N) is 3. The molecule has 2 rings (SSSR count). The number of nitrogens with one attached hydrogen (secondary N) is 1. The van der Waals surface area contributed by atoms with Crippen LogP contribution in [0.4, 0.5) is 15.9 Å². The second kappa shape index (κ2) is 4.89. The summed E-state index contributed by atoms with van der Waals surface area (Å²) < 4.78 is 13.4. The molecule has 0 atom stereocenters. The van der Waals surface area contributed by atoms with E-state index in [0.29, 0.717) is 21.5 Å². The summed E-state index contributed by atoms with van der Waals surface area (Å²) in [4.78, 5) is 0. The summed E-state index contributed by atoms with van der Waals surface area (Å²) in [6, 6.07) is 7.97. The summed E-state index contributed by atoms with van der Waals surface area (Å²) in [5.41, 5.74) is 0.996. The van der Waals surface area contributed by atoms with Crippen molar-refractivity contribution in [3.05, 3.63) is 46.3 Å². The molecule has 0 aliphatic rings. The van der Waals surface area contributed by atoms with Gasteiger partial charge in [0.25, 0.3) is 0 Å². The lowest BCUT2D eigenvalue weighted by molar-refractivity contribution is 0.621. The quantitative estimate of drug-likeness (QED) is 0.924. The third kappa shape index (κ3) is 2.57. The Morgan fingerprint density at radius 2 is 2.18 bits per heavy atom. The highest BCUT2D eigenvalue weighted by molar-refractivity contribution is 9.10. The maximum atomic E-state index is 13.0. The van der Waals surface area contributed by atoms with E-state index in [1.165, 1.54) is 12.3 Å². The van der Waals surface area contributed by atoms with Gasteiger partial charge < -0.3 is 5.32 Å². The second-order valence-corrected chi connectivity index (χ2v) is 4.01. The lowest BCUT2D eigenvalue weighted by Crippen LogP contribution is -1.98. The standard InChI is InChI=1S/C11H6BrFN4/c12-9-5-8(1-2-10(9)13)16-11-7(6-14)3-4-15-17-11/h1-5H,(H,16,17). The highest BCUT2D eigenvalue weighted by Crippen LogP contribution is 2.23. The third-order valence-corrected chi connectivity index (χ3v) is 2.63. The average molecular weight is 293 g/mol. The van der Waals surface area contributed by atoms with Crippen molar-refractivity contribution in [1.82, 2.24) is 10.2 Å². The molecule has 0 aliphatic carbocycles. The van der Waals surface area contributed by atoms with Gasteiger partial charge in [0, 0.05) is 5.69 Å². The molecule has 1 aromatic carbocycles. The van der Waals surface area contributed by atoms with Crippen molar-refractivity contribution in [3.63, 3.8) is 0 Å². The molecule has 0 unspecified atom stereocenters. The van der Waals surface area contributed by atoms with Gasteiger partial charge in [-0.15, -0.1) is 5.10 Å². The Labute approximate surface area is 105 Å². The number of halogens is 2. The van der Waals surface area contributed by atoms with Crippen LogP contribution in [0, 0.1) is 17.1 Å². The van der Waals surface area contributed by atoms with Crippen LogP contribution < -0.4 is 5.32 Å². The summed E-state index contributed by atoms with van der Waals surface area (Å²) in [7, 11) is 0. The Hall–Kier alpha value is -2.00. The van der Waals surface area contributed by atoms with Gasteiger partial charge in [-0.2, -0.15) is 10.4 Å². The topological polar surface area (TPSA) is 61.6 Å². The molecule has 0 radical (unpaired) electrons. The normalized spacial score (nSPS) is 9.71. The summed E-state index contributed by atoms with van der Waals surface area (Å²) in [6.45, 7) is 0. The number of hydrogen-bond acceptors (Lipinski definition) is 4. The van der Waals surface area contributed by atoms with Gasteiger partial charge in [-0.25, -0.2) is 4.39 Å². The van der Waals surface area contributed by atoms with Gasteiger partial charge in [-0.05, 0) is 40.2 Å². The van der Waals surface area contributed by atoms with Crippen molar-refractivity contribution in [2.45, 2.75) is 0 Å². The van der Waals surface area contributed by atoms with Gasteiger partial charge >= 0.3 is 0 Å². The predicted molar refractivity (Wildman–Crippen MR) is 64.1 cm³/mol. The molecule has 4 nitrogen and oxygen atoms in total. The number of nitriles is 1. The van der Waals surface area contributed by atoms with E-state index in [2.05, 4.69) is 31.4 Å². The molecular formula is C11H6BrFN4. The molecule has 0 saturated heterocycles. The fraction of sp³-hybridized carbons (Fsp3) is 0. The minimum Gasteiger partial charge on any atom is -0.338 e. The first-order chi connectivity index (χ1) is 8.20. The lowest BCUT2D eigenvalue weighted by Gasteiger charge is -2.06. The molecule has 1 aromatic heterocycles. The first kappa shape index (κ1) is 11.5. The molecule has 0 saturated carbocycles. The van der Waals surface area contributed by atoms with E-state index in [4.69, 9.17) is 5.26 Å². The Morgan fingerprint density at radius 3 is 2.88 bits per heavy atom. The van der Waals surface area contributed by atoms with Crippen molar-refractivity contribution in [3.8, 4) is 6.07 Å². The molecule has 0 fully saturated rings. The van der Waals surface area contributed by atoms with E-state index in [9.17, 15) is 4.39 Å². The fourth-order valence-corrected chi connectivity index (χ4v) is 1.60. The lowest BCUT2D eigenvalue weighted by atomic mass is 10.2. The third-order valence-electron chi connectivity index (χ3n) is 2.02. The van der Waals surface area contributed by atoms with Crippen molar-refractivity contribution in [1.29, 1.82) is 5.26 Å². The Bertz CT molecular complexity index is 594. The molecule has 0 bridgehead atoms. The molecule has 1 N–H and O–H groups in total. The van der Waals surface area contributed by atoms with Crippen LogP contribution in [-0.4, -0.2) is 10.2 Å². The highest BCUT2D eigenvalue weighted by atomic mass is 79.9. The zero-order chi connectivity index (χ0) is 12.3. The SMILES string of the molecule is N#Cc1ccnnc1Nc1ccc(F)c(Br)c1. The Balaban J connectivity index is 2.32. The van der Waals surface area contributed by atoms with Crippen LogP contribution in [0.3, 0.4) is 0 Å². The van der Waals surface area contributed by atoms with Crippen molar-refractivity contribution in [2.24, 2.45) is 0 Å². The van der Waals surface area contributed by atoms with Crippen molar-refractivity contribution < 1.29 is 4.39 Å². The Kier molecular flexibility index (Phi) is 3.30. The molecule has 1 heterocycles. The monoisotopic (exact) mass is 292 g/mol. The molecule has 2 aromatic rings. The van der Waals surface area contributed by atoms with Crippen LogP contribution in [0.15, 0.2) is 34.9 Å². The van der Waals surface area contributed by atoms with E-state index in [-0.39, 0.29) is 5.82 Å². The summed E-state index contributed by atoms with van der Waals surface area (Å²) >= 11 is 3.08. The van der Waals surface area contributed by atoms with Gasteiger partial charge in [0.2, 0.25) is 0 Å². The van der Waals surface area contributed by atoms with Crippen LogP contribution in [0.25, 0.3) is 0 Å². The molecular weight excluding hydrogens is 287 g/mol. The maximum absolute atomic E-state index is 13.0.